The standard InChI is InChI=1S/C6H6N2O3S/c1-7-5(9)3-4(6(10)11)12-2-8-3/h2H,1H3,(H,7,9)(H,10,11). The van der Waals surface area contributed by atoms with E-state index in [1.54, 1.807) is 0 Å². The molecule has 1 heterocycles. The summed E-state index contributed by atoms with van der Waals surface area (Å²) in [6, 6.07) is 0. The van der Waals surface area contributed by atoms with Crippen LogP contribution in [0.4, 0.5) is 0 Å². The van der Waals surface area contributed by atoms with Crippen LogP contribution in [0.15, 0.2) is 5.51 Å². The number of thiazole rings is 1. The molecule has 0 unspecified atom stereocenters. The largest absolute Gasteiger partial charge is 0.477 e. The first-order chi connectivity index (χ1) is 5.66. The Bertz CT molecular complexity index is 320. The molecule has 0 aromatic carbocycles. The maximum Gasteiger partial charge on any atom is 0.348 e. The van der Waals surface area contributed by atoms with Crippen molar-refractivity contribution in [3.05, 3.63) is 16.1 Å². The first-order valence-corrected chi connectivity index (χ1v) is 3.93. The minimum absolute atomic E-state index is 0.0324. The maximum atomic E-state index is 11.0. The third kappa shape index (κ3) is 1.42. The molecule has 1 aromatic heterocycles. The molecule has 0 bridgehead atoms. The first kappa shape index (κ1) is 8.66. The van der Waals surface area contributed by atoms with Crippen LogP contribution in [0, 0.1) is 0 Å². The van der Waals surface area contributed by atoms with E-state index in [1.165, 1.54) is 12.6 Å². The Morgan fingerprint density at radius 1 is 1.67 bits per heavy atom. The molecule has 0 saturated carbocycles. The van der Waals surface area contributed by atoms with Gasteiger partial charge in [0.05, 0.1) is 5.51 Å². The fourth-order valence-electron chi connectivity index (χ4n) is 0.678. The average Bonchev–Trinajstić information content (AvgIpc) is 2.50. The molecule has 0 atom stereocenters. The highest BCUT2D eigenvalue weighted by molar-refractivity contribution is 7.12. The molecule has 2 N–H and O–H groups in total. The molecule has 1 rings (SSSR count). The summed E-state index contributed by atoms with van der Waals surface area (Å²) in [7, 11) is 1.42. The monoisotopic (exact) mass is 186 g/mol. The third-order valence-electron chi connectivity index (χ3n) is 1.20. The minimum atomic E-state index is -1.13. The Hall–Kier alpha value is -1.43. The zero-order valence-corrected chi connectivity index (χ0v) is 7.01. The fraction of sp³-hybridized carbons (Fsp3) is 0.167. The van der Waals surface area contributed by atoms with Crippen molar-refractivity contribution in [2.75, 3.05) is 7.05 Å². The van der Waals surface area contributed by atoms with Crippen molar-refractivity contribution in [1.29, 1.82) is 0 Å². The van der Waals surface area contributed by atoms with Gasteiger partial charge in [-0.1, -0.05) is 0 Å². The number of aromatic carboxylic acids is 1. The summed E-state index contributed by atoms with van der Waals surface area (Å²) in [5.41, 5.74) is 1.30. The van der Waals surface area contributed by atoms with Crippen molar-refractivity contribution in [3.8, 4) is 0 Å². The van der Waals surface area contributed by atoms with Gasteiger partial charge in [-0.2, -0.15) is 0 Å². The van der Waals surface area contributed by atoms with Gasteiger partial charge < -0.3 is 10.4 Å². The molecule has 0 fully saturated rings. The quantitative estimate of drug-likeness (QED) is 0.691. The molecule has 12 heavy (non-hydrogen) atoms. The van der Waals surface area contributed by atoms with E-state index in [-0.39, 0.29) is 10.6 Å². The number of aromatic nitrogens is 1. The number of carbonyl (C=O) groups is 2. The number of carboxylic acids is 1. The van der Waals surface area contributed by atoms with Gasteiger partial charge in [-0.15, -0.1) is 11.3 Å². The molecular weight excluding hydrogens is 180 g/mol. The number of carboxylic acid groups (broad SMARTS) is 1. The van der Waals surface area contributed by atoms with Crippen molar-refractivity contribution < 1.29 is 14.7 Å². The van der Waals surface area contributed by atoms with Crippen molar-refractivity contribution in [3.63, 3.8) is 0 Å². The lowest BCUT2D eigenvalue weighted by atomic mass is 10.3. The second kappa shape index (κ2) is 3.31. The van der Waals surface area contributed by atoms with E-state index in [0.717, 1.165) is 11.3 Å². The Kier molecular flexibility index (Phi) is 2.39. The summed E-state index contributed by atoms with van der Waals surface area (Å²) in [6.45, 7) is 0. The predicted molar refractivity (Wildman–Crippen MR) is 42.5 cm³/mol. The number of rotatable bonds is 2. The Balaban J connectivity index is 3.07. The van der Waals surface area contributed by atoms with Crippen molar-refractivity contribution >= 4 is 23.2 Å². The highest BCUT2D eigenvalue weighted by Gasteiger charge is 2.18. The van der Waals surface area contributed by atoms with Gasteiger partial charge in [0.25, 0.3) is 5.91 Å². The molecule has 0 aliphatic rings. The van der Waals surface area contributed by atoms with E-state index < -0.39 is 11.9 Å². The molecule has 0 aliphatic carbocycles. The van der Waals surface area contributed by atoms with E-state index in [2.05, 4.69) is 10.3 Å². The topological polar surface area (TPSA) is 79.3 Å². The van der Waals surface area contributed by atoms with E-state index in [4.69, 9.17) is 5.11 Å². The Morgan fingerprint density at radius 3 is 2.83 bits per heavy atom. The fourth-order valence-corrected chi connectivity index (χ4v) is 1.30. The van der Waals surface area contributed by atoms with Gasteiger partial charge in [0.2, 0.25) is 0 Å². The van der Waals surface area contributed by atoms with Gasteiger partial charge in [-0.3, -0.25) is 4.79 Å². The number of carbonyl (C=O) groups excluding carboxylic acids is 1. The van der Waals surface area contributed by atoms with E-state index in [0.29, 0.717) is 0 Å². The highest BCUT2D eigenvalue weighted by atomic mass is 32.1. The van der Waals surface area contributed by atoms with Gasteiger partial charge in [-0.05, 0) is 0 Å². The SMILES string of the molecule is CNC(=O)c1ncsc1C(=O)O. The summed E-state index contributed by atoms with van der Waals surface area (Å²) < 4.78 is 0. The van der Waals surface area contributed by atoms with Gasteiger partial charge in [0.1, 0.15) is 4.88 Å². The van der Waals surface area contributed by atoms with Crippen molar-refractivity contribution in [2.45, 2.75) is 0 Å². The van der Waals surface area contributed by atoms with Gasteiger partial charge >= 0.3 is 5.97 Å². The van der Waals surface area contributed by atoms with Crippen molar-refractivity contribution in [2.24, 2.45) is 0 Å². The smallest absolute Gasteiger partial charge is 0.348 e. The predicted octanol–water partition coefficient (Wildman–Crippen LogP) is 0.201. The Labute approximate surface area is 72.1 Å². The summed E-state index contributed by atoms with van der Waals surface area (Å²) in [6.07, 6.45) is 0. The van der Waals surface area contributed by atoms with E-state index in [9.17, 15) is 9.59 Å². The van der Waals surface area contributed by atoms with Gasteiger partial charge in [0.15, 0.2) is 5.69 Å². The number of nitrogens with one attached hydrogen (secondary N) is 1. The van der Waals surface area contributed by atoms with Crippen LogP contribution in [-0.2, 0) is 0 Å². The van der Waals surface area contributed by atoms with Crippen LogP contribution in [0.5, 0.6) is 0 Å². The van der Waals surface area contributed by atoms with Crippen LogP contribution in [0.3, 0.4) is 0 Å². The first-order valence-electron chi connectivity index (χ1n) is 3.05. The molecular formula is C6H6N2O3S. The second-order valence-corrected chi connectivity index (χ2v) is 2.77. The molecule has 5 nitrogen and oxygen atoms in total. The van der Waals surface area contributed by atoms with Crippen LogP contribution in [0.2, 0.25) is 0 Å². The summed E-state index contributed by atoms with van der Waals surface area (Å²) in [5.74, 6) is -1.61. The molecule has 0 saturated heterocycles. The summed E-state index contributed by atoms with van der Waals surface area (Å²) >= 11 is 0.930. The van der Waals surface area contributed by atoms with E-state index >= 15 is 0 Å². The summed E-state index contributed by atoms with van der Waals surface area (Å²) in [5, 5.41) is 10.9. The number of hydrogen-bond acceptors (Lipinski definition) is 4. The maximum absolute atomic E-state index is 11.0. The lowest BCUT2D eigenvalue weighted by molar-refractivity contribution is 0.0696. The van der Waals surface area contributed by atoms with Crippen LogP contribution in [0.25, 0.3) is 0 Å². The van der Waals surface area contributed by atoms with E-state index in [1.807, 2.05) is 0 Å². The molecule has 6 heteroatoms. The van der Waals surface area contributed by atoms with Crippen LogP contribution in [0.1, 0.15) is 20.2 Å². The molecule has 1 aromatic rings. The Morgan fingerprint density at radius 2 is 2.33 bits per heavy atom. The second-order valence-electron chi connectivity index (χ2n) is 1.91. The lowest BCUT2D eigenvalue weighted by Crippen LogP contribution is -2.20. The van der Waals surface area contributed by atoms with Crippen LogP contribution in [-0.4, -0.2) is 29.0 Å². The highest BCUT2D eigenvalue weighted by Crippen LogP contribution is 2.12. The average molecular weight is 186 g/mol. The molecule has 1 amide bonds. The molecule has 64 valence electrons. The number of nitrogens with zero attached hydrogens (tertiary/aromatic N) is 1. The number of amides is 1. The van der Waals surface area contributed by atoms with Crippen LogP contribution < -0.4 is 5.32 Å². The molecule has 0 radical (unpaired) electrons. The molecule has 0 aliphatic heterocycles. The summed E-state index contributed by atoms with van der Waals surface area (Å²) in [4.78, 5) is 25.1. The normalized spacial score (nSPS) is 9.42. The molecule has 0 spiro atoms. The number of hydrogen-bond donors (Lipinski definition) is 2. The van der Waals surface area contributed by atoms with Crippen LogP contribution >= 0.6 is 11.3 Å². The van der Waals surface area contributed by atoms with Gasteiger partial charge in [0, 0.05) is 7.05 Å². The zero-order valence-electron chi connectivity index (χ0n) is 6.20. The minimum Gasteiger partial charge on any atom is -0.477 e. The zero-order chi connectivity index (χ0) is 9.14. The third-order valence-corrected chi connectivity index (χ3v) is 2.02. The van der Waals surface area contributed by atoms with Crippen molar-refractivity contribution in [1.82, 2.24) is 10.3 Å². The lowest BCUT2D eigenvalue weighted by Gasteiger charge is -1.94. The van der Waals surface area contributed by atoms with Gasteiger partial charge in [-0.25, -0.2) is 9.78 Å².